The Hall–Kier alpha value is -3.65. The van der Waals surface area contributed by atoms with Crippen LogP contribution >= 0.6 is 15.9 Å². The Kier molecular flexibility index (Phi) is 11.2. The number of amides is 1. The summed E-state index contributed by atoms with van der Waals surface area (Å²) in [5.74, 6) is 0.684. The Morgan fingerprint density at radius 3 is 2.32 bits per heavy atom. The summed E-state index contributed by atoms with van der Waals surface area (Å²) in [4.78, 5) is 24.8. The van der Waals surface area contributed by atoms with Gasteiger partial charge in [0.05, 0.1) is 18.4 Å². The normalized spacial score (nSPS) is 10.8. The number of nitrogens with zero attached hydrogens (tertiary/aromatic N) is 1. The number of halogens is 1. The van der Waals surface area contributed by atoms with Gasteiger partial charge >= 0.3 is 5.97 Å². The number of carbonyl (C=O) groups is 2. The van der Waals surface area contributed by atoms with Crippen molar-refractivity contribution in [3.63, 3.8) is 0 Å². The van der Waals surface area contributed by atoms with Crippen LogP contribution in [0.4, 0.5) is 0 Å². The molecule has 0 aromatic heterocycles. The Balaban J connectivity index is 1.54. The van der Waals surface area contributed by atoms with E-state index in [1.54, 1.807) is 42.5 Å². The van der Waals surface area contributed by atoms with Crippen molar-refractivity contribution in [1.29, 1.82) is 0 Å². The second-order valence-corrected chi connectivity index (χ2v) is 9.19. The maximum Gasteiger partial charge on any atom is 0.343 e. The largest absolute Gasteiger partial charge is 0.494 e. The monoisotopic (exact) mass is 566 g/mol. The maximum atomic E-state index is 12.6. The third-order valence-electron chi connectivity index (χ3n) is 5.24. The van der Waals surface area contributed by atoms with Gasteiger partial charge in [-0.15, -0.1) is 0 Å². The number of hydrogen-bond acceptors (Lipinski definition) is 6. The summed E-state index contributed by atoms with van der Waals surface area (Å²) in [7, 11) is 0. The number of hydrazone groups is 1. The van der Waals surface area contributed by atoms with Gasteiger partial charge < -0.3 is 14.2 Å². The van der Waals surface area contributed by atoms with Crippen LogP contribution < -0.4 is 19.6 Å². The van der Waals surface area contributed by atoms with E-state index >= 15 is 0 Å². The second-order valence-electron chi connectivity index (χ2n) is 8.27. The van der Waals surface area contributed by atoms with Crippen molar-refractivity contribution in [1.82, 2.24) is 5.43 Å². The average molecular weight is 567 g/mol. The van der Waals surface area contributed by atoms with E-state index in [2.05, 4.69) is 33.4 Å². The molecule has 0 aliphatic heterocycles. The minimum atomic E-state index is -0.517. The van der Waals surface area contributed by atoms with Gasteiger partial charge in [-0.2, -0.15) is 5.10 Å². The van der Waals surface area contributed by atoms with Gasteiger partial charge in [0, 0.05) is 10.0 Å². The molecule has 0 atom stereocenters. The molecule has 0 bridgehead atoms. The lowest BCUT2D eigenvalue weighted by Gasteiger charge is -2.09. The number of aryl methyl sites for hydroxylation is 1. The maximum absolute atomic E-state index is 12.6. The number of unbranched alkanes of at least 4 members (excludes halogenated alkanes) is 1. The van der Waals surface area contributed by atoms with Crippen molar-refractivity contribution in [3.8, 4) is 17.2 Å². The Labute approximate surface area is 226 Å². The van der Waals surface area contributed by atoms with E-state index in [1.807, 2.05) is 31.2 Å². The predicted molar refractivity (Wildman–Crippen MR) is 148 cm³/mol. The van der Waals surface area contributed by atoms with Crippen LogP contribution in [0.5, 0.6) is 17.2 Å². The fraction of sp³-hybridized carbons (Fsp3) is 0.276. The highest BCUT2D eigenvalue weighted by atomic mass is 79.9. The molecule has 0 spiro atoms. The van der Waals surface area contributed by atoms with Crippen LogP contribution in [-0.2, 0) is 11.2 Å². The molecule has 0 aliphatic rings. The Morgan fingerprint density at radius 2 is 1.62 bits per heavy atom. The van der Waals surface area contributed by atoms with Gasteiger partial charge in [0.1, 0.15) is 17.2 Å². The molecular weight excluding hydrogens is 536 g/mol. The van der Waals surface area contributed by atoms with Gasteiger partial charge in [-0.1, -0.05) is 48.3 Å². The summed E-state index contributed by atoms with van der Waals surface area (Å²) in [5.41, 5.74) is 4.57. The van der Waals surface area contributed by atoms with E-state index < -0.39 is 11.9 Å². The minimum Gasteiger partial charge on any atom is -0.494 e. The van der Waals surface area contributed by atoms with Crippen molar-refractivity contribution in [2.24, 2.45) is 5.10 Å². The van der Waals surface area contributed by atoms with E-state index in [-0.39, 0.29) is 6.61 Å². The topological polar surface area (TPSA) is 86.2 Å². The lowest BCUT2D eigenvalue weighted by molar-refractivity contribution is -0.123. The van der Waals surface area contributed by atoms with Crippen LogP contribution in [0, 0.1) is 0 Å². The molecule has 1 amide bonds. The van der Waals surface area contributed by atoms with Gasteiger partial charge in [-0.25, -0.2) is 10.2 Å². The van der Waals surface area contributed by atoms with Gasteiger partial charge in [0.25, 0.3) is 5.91 Å². The number of carbonyl (C=O) groups excluding carboxylic acids is 2. The molecule has 0 saturated heterocycles. The standard InChI is InChI=1S/C29H31BrN2O5/c1-3-5-6-21-7-12-26(13-8-21)36-20-28(33)32-31-19-23-18-24(30)11-16-27(23)37-29(34)22-9-14-25(15-10-22)35-17-4-2/h7-16,18-19H,3-6,17,20H2,1-2H3,(H,32,33)/b31-19+. The summed E-state index contributed by atoms with van der Waals surface area (Å²) < 4.78 is 17.4. The fourth-order valence-corrected chi connectivity index (χ4v) is 3.65. The van der Waals surface area contributed by atoms with Gasteiger partial charge in [-0.3, -0.25) is 4.79 Å². The third kappa shape index (κ3) is 9.38. The SMILES string of the molecule is CCCCc1ccc(OCC(=O)N/N=C/c2cc(Br)ccc2OC(=O)c2ccc(OCCC)cc2)cc1. The molecule has 1 N–H and O–H groups in total. The molecule has 3 aromatic rings. The van der Waals surface area contributed by atoms with Crippen molar-refractivity contribution < 1.29 is 23.8 Å². The zero-order valence-electron chi connectivity index (χ0n) is 21.0. The van der Waals surface area contributed by atoms with Crippen LogP contribution in [0.1, 0.15) is 54.6 Å². The smallest absolute Gasteiger partial charge is 0.343 e. The number of nitrogens with one attached hydrogen (secondary N) is 1. The number of hydrogen-bond donors (Lipinski definition) is 1. The fourth-order valence-electron chi connectivity index (χ4n) is 3.27. The molecule has 0 radical (unpaired) electrons. The van der Waals surface area contributed by atoms with E-state index in [0.29, 0.717) is 35.0 Å². The van der Waals surface area contributed by atoms with Crippen LogP contribution in [-0.4, -0.2) is 31.3 Å². The number of benzene rings is 3. The quantitative estimate of drug-likeness (QED) is 0.113. The first-order chi connectivity index (χ1) is 18.0. The van der Waals surface area contributed by atoms with E-state index in [9.17, 15) is 9.59 Å². The predicted octanol–water partition coefficient (Wildman–Crippen LogP) is 6.33. The van der Waals surface area contributed by atoms with Gasteiger partial charge in [0.15, 0.2) is 6.61 Å². The molecule has 0 heterocycles. The molecule has 0 aliphatic carbocycles. The summed E-state index contributed by atoms with van der Waals surface area (Å²) in [6, 6.07) is 19.6. The number of ether oxygens (including phenoxy) is 3. The Bertz CT molecular complexity index is 1190. The molecule has 8 heteroatoms. The van der Waals surface area contributed by atoms with Crippen LogP contribution in [0.3, 0.4) is 0 Å². The second kappa shape index (κ2) is 14.8. The zero-order valence-corrected chi connectivity index (χ0v) is 22.6. The molecule has 0 saturated carbocycles. The minimum absolute atomic E-state index is 0.177. The van der Waals surface area contributed by atoms with Crippen molar-refractivity contribution in [2.45, 2.75) is 39.5 Å². The molecule has 3 aromatic carbocycles. The average Bonchev–Trinajstić information content (AvgIpc) is 2.91. The third-order valence-corrected chi connectivity index (χ3v) is 5.74. The lowest BCUT2D eigenvalue weighted by Crippen LogP contribution is -2.24. The zero-order chi connectivity index (χ0) is 26.5. The first kappa shape index (κ1) is 27.9. The highest BCUT2D eigenvalue weighted by Crippen LogP contribution is 2.23. The summed E-state index contributed by atoms with van der Waals surface area (Å²) >= 11 is 3.40. The van der Waals surface area contributed by atoms with Gasteiger partial charge in [0.2, 0.25) is 0 Å². The van der Waals surface area contributed by atoms with E-state index in [0.717, 1.165) is 30.2 Å². The van der Waals surface area contributed by atoms with E-state index in [4.69, 9.17) is 14.2 Å². The molecule has 37 heavy (non-hydrogen) atoms. The highest BCUT2D eigenvalue weighted by Gasteiger charge is 2.12. The van der Waals surface area contributed by atoms with Crippen LogP contribution in [0.25, 0.3) is 0 Å². The summed E-state index contributed by atoms with van der Waals surface area (Å²) in [5, 5.41) is 3.99. The van der Waals surface area contributed by atoms with Gasteiger partial charge in [-0.05, 0) is 79.4 Å². The highest BCUT2D eigenvalue weighted by molar-refractivity contribution is 9.10. The lowest BCUT2D eigenvalue weighted by atomic mass is 10.1. The van der Waals surface area contributed by atoms with Crippen LogP contribution in [0.15, 0.2) is 76.3 Å². The molecule has 194 valence electrons. The molecule has 7 nitrogen and oxygen atoms in total. The summed E-state index contributed by atoms with van der Waals surface area (Å²) in [6.45, 7) is 4.62. The van der Waals surface area contributed by atoms with E-state index in [1.165, 1.54) is 11.8 Å². The summed E-state index contributed by atoms with van der Waals surface area (Å²) in [6.07, 6.45) is 5.62. The van der Waals surface area contributed by atoms with Crippen molar-refractivity contribution >= 4 is 34.0 Å². The number of rotatable bonds is 13. The molecule has 0 fully saturated rings. The molecule has 3 rings (SSSR count). The van der Waals surface area contributed by atoms with Crippen molar-refractivity contribution in [3.05, 3.63) is 87.9 Å². The van der Waals surface area contributed by atoms with Crippen LogP contribution in [0.2, 0.25) is 0 Å². The van der Waals surface area contributed by atoms with Crippen molar-refractivity contribution in [2.75, 3.05) is 13.2 Å². The number of esters is 1. The first-order valence-corrected chi connectivity index (χ1v) is 13.1. The first-order valence-electron chi connectivity index (χ1n) is 12.3. The molecular formula is C29H31BrN2O5. The Morgan fingerprint density at radius 1 is 0.919 bits per heavy atom. The molecule has 0 unspecified atom stereocenters.